The number of carbonyl (C=O) groups is 1. The van der Waals surface area contributed by atoms with Crippen molar-refractivity contribution in [2.45, 2.75) is 6.92 Å². The molecule has 2 rings (SSSR count). The Balaban J connectivity index is 2.31. The second kappa shape index (κ2) is 5.19. The summed E-state index contributed by atoms with van der Waals surface area (Å²) in [5.74, 6) is -0.473. The van der Waals surface area contributed by atoms with E-state index in [2.05, 4.69) is 10.3 Å². The fourth-order valence-corrected chi connectivity index (χ4v) is 1.65. The SMILES string of the molecule is Cc1ccc(Nc2cc(C#N)ccn2)cc1C(=O)O. The smallest absolute Gasteiger partial charge is 0.336 e. The van der Waals surface area contributed by atoms with Gasteiger partial charge in [0.15, 0.2) is 0 Å². The number of aromatic nitrogens is 1. The normalized spacial score (nSPS) is 9.68. The largest absolute Gasteiger partial charge is 0.478 e. The summed E-state index contributed by atoms with van der Waals surface area (Å²) in [7, 11) is 0. The molecule has 2 aromatic rings. The van der Waals surface area contributed by atoms with Crippen molar-refractivity contribution in [1.29, 1.82) is 5.26 Å². The lowest BCUT2D eigenvalue weighted by molar-refractivity contribution is 0.0696. The van der Waals surface area contributed by atoms with Crippen LogP contribution in [-0.2, 0) is 0 Å². The van der Waals surface area contributed by atoms with Crippen LogP contribution in [0.25, 0.3) is 0 Å². The van der Waals surface area contributed by atoms with Crippen molar-refractivity contribution in [3.63, 3.8) is 0 Å². The molecule has 0 radical (unpaired) electrons. The van der Waals surface area contributed by atoms with Crippen LogP contribution in [0.4, 0.5) is 11.5 Å². The fourth-order valence-electron chi connectivity index (χ4n) is 1.65. The van der Waals surface area contributed by atoms with E-state index in [9.17, 15) is 4.79 Å². The Bertz CT molecular complexity index is 675. The molecule has 0 bridgehead atoms. The predicted molar refractivity (Wildman–Crippen MR) is 70.4 cm³/mol. The van der Waals surface area contributed by atoms with Crippen LogP contribution in [-0.4, -0.2) is 16.1 Å². The third-order valence-electron chi connectivity index (χ3n) is 2.63. The number of nitrogens with zero attached hydrogens (tertiary/aromatic N) is 2. The highest BCUT2D eigenvalue weighted by molar-refractivity contribution is 5.90. The zero-order valence-corrected chi connectivity index (χ0v) is 10.2. The molecule has 0 aliphatic carbocycles. The standard InChI is InChI=1S/C14H11N3O2/c1-9-2-3-11(7-12(9)14(18)19)17-13-6-10(8-15)4-5-16-13/h2-7H,1H3,(H,16,17)(H,18,19). The van der Waals surface area contributed by atoms with Crippen molar-refractivity contribution in [3.05, 3.63) is 53.2 Å². The molecule has 19 heavy (non-hydrogen) atoms. The Kier molecular flexibility index (Phi) is 3.44. The number of aromatic carboxylic acids is 1. The first-order valence-electron chi connectivity index (χ1n) is 5.57. The van der Waals surface area contributed by atoms with E-state index in [1.807, 2.05) is 6.07 Å². The number of aryl methyl sites for hydroxylation is 1. The summed E-state index contributed by atoms with van der Waals surface area (Å²) >= 11 is 0. The Morgan fingerprint density at radius 1 is 1.37 bits per heavy atom. The highest BCUT2D eigenvalue weighted by atomic mass is 16.4. The van der Waals surface area contributed by atoms with Crippen molar-refractivity contribution >= 4 is 17.5 Å². The summed E-state index contributed by atoms with van der Waals surface area (Å²) in [5.41, 5.74) is 2.03. The molecule has 1 aromatic carbocycles. The summed E-state index contributed by atoms with van der Waals surface area (Å²) < 4.78 is 0. The molecule has 2 N–H and O–H groups in total. The maximum absolute atomic E-state index is 11.0. The Labute approximate surface area is 110 Å². The van der Waals surface area contributed by atoms with Crippen LogP contribution in [0.2, 0.25) is 0 Å². The quantitative estimate of drug-likeness (QED) is 0.878. The van der Waals surface area contributed by atoms with E-state index in [0.717, 1.165) is 0 Å². The van der Waals surface area contributed by atoms with Crippen molar-refractivity contribution in [1.82, 2.24) is 4.98 Å². The van der Waals surface area contributed by atoms with Crippen LogP contribution in [0.15, 0.2) is 36.5 Å². The maximum Gasteiger partial charge on any atom is 0.336 e. The van der Waals surface area contributed by atoms with Crippen LogP contribution in [0.3, 0.4) is 0 Å². The van der Waals surface area contributed by atoms with Gasteiger partial charge in [0.05, 0.1) is 17.2 Å². The van der Waals surface area contributed by atoms with Gasteiger partial charge in [0.2, 0.25) is 0 Å². The van der Waals surface area contributed by atoms with Crippen LogP contribution in [0.1, 0.15) is 21.5 Å². The molecule has 0 aliphatic heterocycles. The molecule has 5 nitrogen and oxygen atoms in total. The van der Waals surface area contributed by atoms with Gasteiger partial charge in [-0.25, -0.2) is 9.78 Å². The van der Waals surface area contributed by atoms with Gasteiger partial charge < -0.3 is 10.4 Å². The van der Waals surface area contributed by atoms with E-state index >= 15 is 0 Å². The molecule has 5 heteroatoms. The van der Waals surface area contributed by atoms with Gasteiger partial charge in [0, 0.05) is 11.9 Å². The summed E-state index contributed by atoms with van der Waals surface area (Å²) in [6.07, 6.45) is 1.52. The number of pyridine rings is 1. The van der Waals surface area contributed by atoms with E-state index < -0.39 is 5.97 Å². The van der Waals surface area contributed by atoms with Crippen molar-refractivity contribution in [3.8, 4) is 6.07 Å². The molecule has 1 heterocycles. The monoisotopic (exact) mass is 253 g/mol. The van der Waals surface area contributed by atoms with Gasteiger partial charge in [0.25, 0.3) is 0 Å². The molecule has 1 aromatic heterocycles. The third-order valence-corrected chi connectivity index (χ3v) is 2.63. The number of anilines is 2. The fraction of sp³-hybridized carbons (Fsp3) is 0.0714. The molecule has 0 atom stereocenters. The zero-order valence-electron chi connectivity index (χ0n) is 10.2. The van der Waals surface area contributed by atoms with E-state index in [0.29, 0.717) is 22.6 Å². The van der Waals surface area contributed by atoms with Gasteiger partial charge in [0.1, 0.15) is 5.82 Å². The molecular weight excluding hydrogens is 242 g/mol. The van der Waals surface area contributed by atoms with Gasteiger partial charge in [-0.05, 0) is 36.8 Å². The molecule has 0 spiro atoms. The second-order valence-corrected chi connectivity index (χ2v) is 4.00. The molecule has 0 amide bonds. The van der Waals surface area contributed by atoms with Gasteiger partial charge in [-0.3, -0.25) is 0 Å². The first-order chi connectivity index (χ1) is 9.10. The van der Waals surface area contributed by atoms with Crippen LogP contribution in [0, 0.1) is 18.3 Å². The van der Waals surface area contributed by atoms with Crippen molar-refractivity contribution < 1.29 is 9.90 Å². The summed E-state index contributed by atoms with van der Waals surface area (Å²) in [5, 5.41) is 20.8. The number of hydrogen-bond acceptors (Lipinski definition) is 4. The average molecular weight is 253 g/mol. The molecular formula is C14H11N3O2. The first kappa shape index (κ1) is 12.6. The lowest BCUT2D eigenvalue weighted by Crippen LogP contribution is -2.01. The molecule has 0 fully saturated rings. The number of carboxylic acids is 1. The number of carboxylic acid groups (broad SMARTS) is 1. The number of nitriles is 1. The lowest BCUT2D eigenvalue weighted by atomic mass is 10.1. The molecule has 0 saturated carbocycles. The first-order valence-corrected chi connectivity index (χ1v) is 5.57. The van der Waals surface area contributed by atoms with E-state index in [4.69, 9.17) is 10.4 Å². The van der Waals surface area contributed by atoms with Gasteiger partial charge >= 0.3 is 5.97 Å². The molecule has 0 unspecified atom stereocenters. The van der Waals surface area contributed by atoms with Gasteiger partial charge in [-0.1, -0.05) is 6.07 Å². The van der Waals surface area contributed by atoms with Crippen LogP contribution >= 0.6 is 0 Å². The molecule has 0 aliphatic rings. The van der Waals surface area contributed by atoms with E-state index in [-0.39, 0.29) is 5.56 Å². The minimum absolute atomic E-state index is 0.237. The zero-order chi connectivity index (χ0) is 13.8. The molecule has 0 saturated heterocycles. The minimum atomic E-state index is -0.972. The topological polar surface area (TPSA) is 86.0 Å². The molecule has 94 valence electrons. The number of hydrogen-bond donors (Lipinski definition) is 2. The highest BCUT2D eigenvalue weighted by Gasteiger charge is 2.08. The van der Waals surface area contributed by atoms with Gasteiger partial charge in [-0.15, -0.1) is 0 Å². The summed E-state index contributed by atoms with van der Waals surface area (Å²) in [4.78, 5) is 15.1. The van der Waals surface area contributed by atoms with Crippen molar-refractivity contribution in [2.75, 3.05) is 5.32 Å². The Hall–Kier alpha value is -2.87. The highest BCUT2D eigenvalue weighted by Crippen LogP contribution is 2.19. The second-order valence-electron chi connectivity index (χ2n) is 4.00. The number of rotatable bonds is 3. The lowest BCUT2D eigenvalue weighted by Gasteiger charge is -2.08. The van der Waals surface area contributed by atoms with Crippen molar-refractivity contribution in [2.24, 2.45) is 0 Å². The Morgan fingerprint density at radius 3 is 2.84 bits per heavy atom. The average Bonchev–Trinajstić information content (AvgIpc) is 2.41. The van der Waals surface area contributed by atoms with Crippen LogP contribution in [0.5, 0.6) is 0 Å². The third kappa shape index (κ3) is 2.87. The predicted octanol–water partition coefficient (Wildman–Crippen LogP) is 2.70. The van der Waals surface area contributed by atoms with Gasteiger partial charge in [-0.2, -0.15) is 5.26 Å². The maximum atomic E-state index is 11.0. The number of benzene rings is 1. The van der Waals surface area contributed by atoms with E-state index in [1.165, 1.54) is 6.20 Å². The van der Waals surface area contributed by atoms with Crippen LogP contribution < -0.4 is 5.32 Å². The Morgan fingerprint density at radius 2 is 2.16 bits per heavy atom. The minimum Gasteiger partial charge on any atom is -0.478 e. The van der Waals surface area contributed by atoms with E-state index in [1.54, 1.807) is 37.3 Å². The summed E-state index contributed by atoms with van der Waals surface area (Å²) in [6, 6.07) is 10.2. The summed E-state index contributed by atoms with van der Waals surface area (Å²) in [6.45, 7) is 1.74. The number of nitrogens with one attached hydrogen (secondary N) is 1.